The summed E-state index contributed by atoms with van der Waals surface area (Å²) in [6.07, 6.45) is -3.88. The molecule has 7 N–H and O–H groups in total. The van der Waals surface area contributed by atoms with Crippen molar-refractivity contribution in [1.29, 1.82) is 0 Å². The van der Waals surface area contributed by atoms with Crippen LogP contribution in [0.4, 0.5) is 0 Å². The Morgan fingerprint density at radius 2 is 1.37 bits per heavy atom. The molecule has 0 bridgehead atoms. The van der Waals surface area contributed by atoms with E-state index in [0.717, 1.165) is 45.1 Å². The number of ether oxygens (including phenoxy) is 6. The van der Waals surface area contributed by atoms with Gasteiger partial charge in [0.25, 0.3) is 0 Å². The average Bonchev–Trinajstić information content (AvgIpc) is 3.58. The smallest absolute Gasteiger partial charge is 0.187 e. The van der Waals surface area contributed by atoms with Crippen molar-refractivity contribution < 1.29 is 64.2 Å². The summed E-state index contributed by atoms with van der Waals surface area (Å²) in [5.74, 6) is 3.51. The fourth-order valence-corrected chi connectivity index (χ4v) is 13.2. The molecule has 13 nitrogen and oxygen atoms in total. The summed E-state index contributed by atoms with van der Waals surface area (Å²) in [6, 6.07) is 0. The molecule has 4 heterocycles. The third-order valence-electron chi connectivity index (χ3n) is 16.2. The Labute approximate surface area is 307 Å². The van der Waals surface area contributed by atoms with Crippen LogP contribution in [0.5, 0.6) is 0 Å². The quantitative estimate of drug-likeness (QED) is 0.194. The van der Waals surface area contributed by atoms with Crippen LogP contribution in [0.25, 0.3) is 0 Å². The van der Waals surface area contributed by atoms with Crippen LogP contribution >= 0.6 is 0 Å². The molecule has 13 heteroatoms. The Bertz CT molecular complexity index is 1260. The lowest BCUT2D eigenvalue weighted by molar-refractivity contribution is -0.373. The summed E-state index contributed by atoms with van der Waals surface area (Å²) in [5, 5.41) is 72.7. The second-order valence-electron chi connectivity index (χ2n) is 18.7. The molecule has 22 atom stereocenters. The maximum absolute atomic E-state index is 11.1. The molecule has 8 fully saturated rings. The summed E-state index contributed by atoms with van der Waals surface area (Å²) in [7, 11) is 0. The zero-order valence-corrected chi connectivity index (χ0v) is 31.2. The molecule has 52 heavy (non-hydrogen) atoms. The molecule has 0 amide bonds. The van der Waals surface area contributed by atoms with E-state index in [1.807, 2.05) is 0 Å². The number of fused-ring (bicyclic) bond motifs is 7. The fourth-order valence-electron chi connectivity index (χ4n) is 13.2. The summed E-state index contributed by atoms with van der Waals surface area (Å²) in [4.78, 5) is 0. The number of rotatable bonds is 6. The Hall–Kier alpha value is -0.520. The molecule has 0 aromatic rings. The summed E-state index contributed by atoms with van der Waals surface area (Å²) >= 11 is 0. The van der Waals surface area contributed by atoms with E-state index in [2.05, 4.69) is 27.7 Å². The Balaban J connectivity index is 0.942. The molecule has 0 aromatic heterocycles. The van der Waals surface area contributed by atoms with Gasteiger partial charge in [0.2, 0.25) is 0 Å². The number of aliphatic hydroxyl groups excluding tert-OH is 7. The first-order valence-electron chi connectivity index (χ1n) is 20.3. The van der Waals surface area contributed by atoms with Gasteiger partial charge in [0.15, 0.2) is 18.4 Å². The molecule has 0 aromatic carbocycles. The van der Waals surface area contributed by atoms with E-state index in [1.54, 1.807) is 0 Å². The van der Waals surface area contributed by atoms with Crippen LogP contribution in [0, 0.1) is 52.3 Å². The number of hydrogen-bond donors (Lipinski definition) is 7. The highest BCUT2D eigenvalue weighted by molar-refractivity contribution is 5.15. The van der Waals surface area contributed by atoms with Crippen molar-refractivity contribution in [2.75, 3.05) is 19.8 Å². The topological polar surface area (TPSA) is 197 Å². The van der Waals surface area contributed by atoms with E-state index >= 15 is 0 Å². The van der Waals surface area contributed by atoms with Crippen molar-refractivity contribution in [3.63, 3.8) is 0 Å². The highest BCUT2D eigenvalue weighted by atomic mass is 16.8. The molecule has 0 radical (unpaired) electrons. The molecule has 8 unspecified atom stereocenters. The van der Waals surface area contributed by atoms with Gasteiger partial charge in [-0.1, -0.05) is 27.7 Å². The van der Waals surface area contributed by atoms with Crippen LogP contribution in [0.15, 0.2) is 0 Å². The van der Waals surface area contributed by atoms with Gasteiger partial charge in [0.05, 0.1) is 32.0 Å². The van der Waals surface area contributed by atoms with Gasteiger partial charge in [-0.05, 0) is 104 Å². The highest BCUT2D eigenvalue weighted by Gasteiger charge is 2.69. The molecule has 4 saturated carbocycles. The van der Waals surface area contributed by atoms with Crippen molar-refractivity contribution in [3.05, 3.63) is 0 Å². The van der Waals surface area contributed by atoms with Crippen molar-refractivity contribution in [2.24, 2.45) is 52.3 Å². The van der Waals surface area contributed by atoms with Gasteiger partial charge in [-0.15, -0.1) is 0 Å². The third-order valence-corrected chi connectivity index (χ3v) is 16.2. The number of aliphatic hydroxyl groups is 7. The maximum Gasteiger partial charge on any atom is 0.187 e. The van der Waals surface area contributed by atoms with Crippen LogP contribution in [-0.2, 0) is 28.4 Å². The summed E-state index contributed by atoms with van der Waals surface area (Å²) in [6.45, 7) is 9.33. The largest absolute Gasteiger partial charge is 0.394 e. The first kappa shape index (κ1) is 38.4. The average molecular weight is 741 g/mol. The van der Waals surface area contributed by atoms with E-state index < -0.39 is 80.4 Å². The molecule has 8 rings (SSSR count). The minimum absolute atomic E-state index is 0.168. The molecule has 4 aliphatic heterocycles. The van der Waals surface area contributed by atoms with Gasteiger partial charge in [-0.2, -0.15) is 0 Å². The van der Waals surface area contributed by atoms with E-state index in [0.29, 0.717) is 41.4 Å². The Kier molecular flexibility index (Phi) is 10.4. The van der Waals surface area contributed by atoms with Gasteiger partial charge >= 0.3 is 0 Å². The van der Waals surface area contributed by atoms with E-state index in [1.165, 1.54) is 25.7 Å². The Morgan fingerprint density at radius 1 is 0.673 bits per heavy atom. The van der Waals surface area contributed by atoms with Crippen molar-refractivity contribution in [1.82, 2.24) is 0 Å². The molecule has 4 saturated heterocycles. The maximum atomic E-state index is 11.1. The second kappa shape index (κ2) is 14.1. The van der Waals surface area contributed by atoms with Crippen LogP contribution in [0.1, 0.15) is 91.9 Å². The summed E-state index contributed by atoms with van der Waals surface area (Å²) < 4.78 is 37.5. The second-order valence-corrected chi connectivity index (χ2v) is 18.7. The highest BCUT2D eigenvalue weighted by Crippen LogP contribution is 2.71. The van der Waals surface area contributed by atoms with Crippen LogP contribution < -0.4 is 0 Å². The van der Waals surface area contributed by atoms with Gasteiger partial charge in [-0.3, -0.25) is 0 Å². The lowest BCUT2D eigenvalue weighted by Gasteiger charge is -2.61. The van der Waals surface area contributed by atoms with E-state index in [4.69, 9.17) is 28.4 Å². The lowest BCUT2D eigenvalue weighted by Crippen LogP contribution is -2.65. The van der Waals surface area contributed by atoms with Crippen molar-refractivity contribution in [2.45, 2.75) is 171 Å². The van der Waals surface area contributed by atoms with Gasteiger partial charge in [0.1, 0.15) is 48.8 Å². The van der Waals surface area contributed by atoms with Crippen molar-refractivity contribution >= 4 is 0 Å². The van der Waals surface area contributed by atoms with Gasteiger partial charge < -0.3 is 64.2 Å². The minimum Gasteiger partial charge on any atom is -0.394 e. The molecule has 8 aliphatic rings. The molecule has 1 spiro atoms. The Morgan fingerprint density at radius 3 is 2.06 bits per heavy atom. The van der Waals surface area contributed by atoms with E-state index in [-0.39, 0.29) is 23.0 Å². The van der Waals surface area contributed by atoms with Gasteiger partial charge in [0, 0.05) is 12.3 Å². The lowest BCUT2D eigenvalue weighted by atomic mass is 9.44. The SMILES string of the molecule is CC1CCC2(OC1)OC1C[C@@H]3C4CC[C@H]5CC(O[C@@H]6O[C@H](CO)[C@H](O)[C@H](O)C6O[C@@H]6O[C@H](CO)[C@@H](O)[C@H](O)[C@H]6O)CC[C@]5(C)C4CC[C@]3(C)C1[C@@H]2C. The minimum atomic E-state index is -1.71. The zero-order valence-electron chi connectivity index (χ0n) is 31.2. The first-order valence-corrected chi connectivity index (χ1v) is 20.3. The van der Waals surface area contributed by atoms with Crippen molar-refractivity contribution in [3.8, 4) is 0 Å². The standard InChI is InChI=1S/C39H64O13/c1-18-7-12-39(47-17-18)19(2)28-25(52-39)14-24-22-6-5-20-13-21(8-10-37(20,3)23(22)9-11-38(24,28)4)48-36-34(32(45)30(43)27(16-41)50-36)51-35-33(46)31(44)29(42)26(15-40)49-35/h18-36,40-46H,5-17H2,1-4H3/t18?,19-,20-,21?,22?,23?,24+,25?,26+,27+,28?,29+,30-,31-,32-,33+,34?,35-,36+,37-,38-,39?/m0/s1. The predicted molar refractivity (Wildman–Crippen MR) is 183 cm³/mol. The molecular weight excluding hydrogens is 676 g/mol. The third kappa shape index (κ3) is 5.98. The number of hydrogen-bond acceptors (Lipinski definition) is 13. The van der Waals surface area contributed by atoms with Crippen LogP contribution in [0.3, 0.4) is 0 Å². The van der Waals surface area contributed by atoms with E-state index in [9.17, 15) is 35.7 Å². The first-order chi connectivity index (χ1) is 24.7. The predicted octanol–water partition coefficient (Wildman–Crippen LogP) is 1.44. The van der Waals surface area contributed by atoms with Gasteiger partial charge in [-0.25, -0.2) is 0 Å². The van der Waals surface area contributed by atoms with Crippen LogP contribution in [0.2, 0.25) is 0 Å². The zero-order chi connectivity index (χ0) is 36.9. The molecule has 298 valence electrons. The monoisotopic (exact) mass is 740 g/mol. The molecule has 4 aliphatic carbocycles. The normalized spacial score (nSPS) is 59.0. The fraction of sp³-hybridized carbons (Fsp3) is 1.00. The molecular formula is C39H64O13. The summed E-state index contributed by atoms with van der Waals surface area (Å²) in [5.41, 5.74) is 0.425. The van der Waals surface area contributed by atoms with Crippen LogP contribution in [-0.4, -0.2) is 135 Å².